The van der Waals surface area contributed by atoms with Crippen LogP contribution in [0.5, 0.6) is 0 Å². The van der Waals surface area contributed by atoms with Crippen LogP contribution in [0.4, 0.5) is 0 Å². The number of unbranched alkanes of at least 4 members (excludes halogenated alkanes) is 1. The largest absolute Gasteiger partial charge is 0.396 e. The maximum atomic E-state index is 12.3. The van der Waals surface area contributed by atoms with Crippen molar-refractivity contribution in [2.75, 3.05) is 6.61 Å². The summed E-state index contributed by atoms with van der Waals surface area (Å²) in [6.07, 6.45) is 5.73. The molecule has 2 aromatic rings. The van der Waals surface area contributed by atoms with Crippen LogP contribution < -0.4 is 5.43 Å². The lowest BCUT2D eigenvalue weighted by Crippen LogP contribution is -2.22. The van der Waals surface area contributed by atoms with E-state index in [4.69, 9.17) is 5.11 Å². The zero-order valence-corrected chi connectivity index (χ0v) is 15.0. The number of rotatable bonds is 5. The van der Waals surface area contributed by atoms with Gasteiger partial charge in [0.25, 0.3) is 5.91 Å². The normalized spacial score (nSPS) is 16.6. The van der Waals surface area contributed by atoms with Crippen LogP contribution in [-0.2, 0) is 11.3 Å². The van der Waals surface area contributed by atoms with Gasteiger partial charge in [-0.25, -0.2) is 5.43 Å². The average molecular weight is 339 g/mol. The molecule has 3 rings (SSSR count). The standard InChI is InChI=1S/C20H25N3O2/c1-20(2,3)18-16(19(25)22-21-18)12-14-13-23(10-6-7-11-24)17-9-5-4-8-15(14)17/h4-5,8-9,12-13,24H,6-7,10-11H2,1-3H3,(H,22,25). The molecule has 1 aromatic heterocycles. The molecule has 1 aromatic carbocycles. The van der Waals surface area contributed by atoms with Crippen molar-refractivity contribution in [3.8, 4) is 0 Å². The van der Waals surface area contributed by atoms with Crippen LogP contribution in [-0.4, -0.2) is 27.9 Å². The zero-order valence-electron chi connectivity index (χ0n) is 15.0. The van der Waals surface area contributed by atoms with Gasteiger partial charge in [0.1, 0.15) is 0 Å². The monoisotopic (exact) mass is 339 g/mol. The molecule has 0 spiro atoms. The number of aromatic nitrogens is 1. The summed E-state index contributed by atoms with van der Waals surface area (Å²) in [5.41, 5.74) is 5.96. The van der Waals surface area contributed by atoms with Crippen LogP contribution >= 0.6 is 0 Å². The third kappa shape index (κ3) is 3.51. The van der Waals surface area contributed by atoms with E-state index < -0.39 is 0 Å². The summed E-state index contributed by atoms with van der Waals surface area (Å²) >= 11 is 0. The lowest BCUT2D eigenvalue weighted by Gasteiger charge is -2.17. The topological polar surface area (TPSA) is 66.6 Å². The van der Waals surface area contributed by atoms with Gasteiger partial charge in [-0.05, 0) is 25.0 Å². The van der Waals surface area contributed by atoms with Crippen molar-refractivity contribution >= 4 is 28.6 Å². The third-order valence-corrected chi connectivity index (χ3v) is 4.41. The van der Waals surface area contributed by atoms with Crippen LogP contribution in [0.2, 0.25) is 0 Å². The molecule has 25 heavy (non-hydrogen) atoms. The van der Waals surface area contributed by atoms with Crippen molar-refractivity contribution in [3.63, 3.8) is 0 Å². The molecule has 0 radical (unpaired) electrons. The Bertz CT molecular complexity index is 853. The highest BCUT2D eigenvalue weighted by Crippen LogP contribution is 2.29. The molecule has 2 heterocycles. The first-order chi connectivity index (χ1) is 11.9. The molecule has 0 fully saturated rings. The number of hydrazone groups is 1. The Balaban J connectivity index is 2.04. The third-order valence-electron chi connectivity index (χ3n) is 4.41. The Kier molecular flexibility index (Phi) is 4.77. The Labute approximate surface area is 148 Å². The van der Waals surface area contributed by atoms with Crippen molar-refractivity contribution in [3.05, 3.63) is 41.6 Å². The summed E-state index contributed by atoms with van der Waals surface area (Å²) in [4.78, 5) is 12.3. The van der Waals surface area contributed by atoms with Gasteiger partial charge in [0.2, 0.25) is 0 Å². The molecule has 132 valence electrons. The number of nitrogens with one attached hydrogen (secondary N) is 1. The molecule has 0 aliphatic carbocycles. The van der Waals surface area contributed by atoms with E-state index in [9.17, 15) is 4.79 Å². The summed E-state index contributed by atoms with van der Waals surface area (Å²) in [5, 5.41) is 14.4. The predicted molar refractivity (Wildman–Crippen MR) is 101 cm³/mol. The van der Waals surface area contributed by atoms with Crippen molar-refractivity contribution in [1.82, 2.24) is 9.99 Å². The fourth-order valence-corrected chi connectivity index (χ4v) is 3.16. The Morgan fingerprint density at radius 2 is 2.00 bits per heavy atom. The van der Waals surface area contributed by atoms with Gasteiger partial charge < -0.3 is 9.67 Å². The quantitative estimate of drug-likeness (QED) is 0.648. The predicted octanol–water partition coefficient (Wildman–Crippen LogP) is 3.33. The number of aryl methyl sites for hydroxylation is 1. The highest BCUT2D eigenvalue weighted by Gasteiger charge is 2.31. The number of benzene rings is 1. The molecule has 0 unspecified atom stereocenters. The van der Waals surface area contributed by atoms with Gasteiger partial charge in [0.15, 0.2) is 0 Å². The van der Waals surface area contributed by atoms with Crippen LogP contribution in [0.1, 0.15) is 39.2 Å². The summed E-state index contributed by atoms with van der Waals surface area (Å²) in [7, 11) is 0. The molecular formula is C20H25N3O2. The number of nitrogens with zero attached hydrogens (tertiary/aromatic N) is 2. The molecule has 1 amide bonds. The summed E-state index contributed by atoms with van der Waals surface area (Å²) in [5.74, 6) is -0.151. The van der Waals surface area contributed by atoms with E-state index in [2.05, 4.69) is 54.2 Å². The minimum absolute atomic E-state index is 0.151. The summed E-state index contributed by atoms with van der Waals surface area (Å²) in [6.45, 7) is 7.21. The fourth-order valence-electron chi connectivity index (χ4n) is 3.16. The molecule has 1 aliphatic rings. The maximum absolute atomic E-state index is 12.3. The lowest BCUT2D eigenvalue weighted by atomic mass is 9.85. The van der Waals surface area contributed by atoms with Gasteiger partial charge in [0.05, 0.1) is 11.3 Å². The highest BCUT2D eigenvalue weighted by atomic mass is 16.2. The van der Waals surface area contributed by atoms with E-state index in [1.807, 2.05) is 18.2 Å². The van der Waals surface area contributed by atoms with Crippen LogP contribution in [0.25, 0.3) is 17.0 Å². The Morgan fingerprint density at radius 1 is 1.24 bits per heavy atom. The van der Waals surface area contributed by atoms with E-state index in [1.165, 1.54) is 0 Å². The van der Waals surface area contributed by atoms with Crippen LogP contribution in [0, 0.1) is 5.41 Å². The van der Waals surface area contributed by atoms with Gasteiger partial charge in [-0.15, -0.1) is 0 Å². The van der Waals surface area contributed by atoms with Gasteiger partial charge >= 0.3 is 0 Å². The minimum atomic E-state index is -0.204. The molecule has 0 bridgehead atoms. The second-order valence-electron chi connectivity index (χ2n) is 7.44. The second kappa shape index (κ2) is 6.84. The molecule has 1 aliphatic heterocycles. The summed E-state index contributed by atoms with van der Waals surface area (Å²) in [6, 6.07) is 8.19. The summed E-state index contributed by atoms with van der Waals surface area (Å²) < 4.78 is 2.19. The number of hydrogen-bond acceptors (Lipinski definition) is 3. The first kappa shape index (κ1) is 17.4. The highest BCUT2D eigenvalue weighted by molar-refractivity contribution is 6.29. The zero-order chi connectivity index (χ0) is 18.0. The van der Waals surface area contributed by atoms with Crippen LogP contribution in [0.3, 0.4) is 0 Å². The SMILES string of the molecule is CC(C)(C)C1=NNC(=O)C1=Cc1cn(CCCCO)c2ccccc12. The number of carbonyl (C=O) groups excluding carboxylic acids is 1. The number of fused-ring (bicyclic) bond motifs is 1. The minimum Gasteiger partial charge on any atom is -0.396 e. The van der Waals surface area contributed by atoms with Crippen LogP contribution in [0.15, 0.2) is 41.1 Å². The first-order valence-electron chi connectivity index (χ1n) is 8.71. The van der Waals surface area contributed by atoms with Gasteiger partial charge in [-0.1, -0.05) is 39.0 Å². The number of aliphatic hydroxyl groups excluding tert-OH is 1. The van der Waals surface area contributed by atoms with Crippen molar-refractivity contribution in [1.29, 1.82) is 0 Å². The number of para-hydroxylation sites is 1. The second-order valence-corrected chi connectivity index (χ2v) is 7.44. The first-order valence-corrected chi connectivity index (χ1v) is 8.71. The maximum Gasteiger partial charge on any atom is 0.273 e. The van der Waals surface area contributed by atoms with E-state index in [0.29, 0.717) is 5.57 Å². The van der Waals surface area contributed by atoms with Crippen molar-refractivity contribution < 1.29 is 9.90 Å². The number of carbonyl (C=O) groups is 1. The molecular weight excluding hydrogens is 314 g/mol. The van der Waals surface area contributed by atoms with Gasteiger partial charge in [-0.3, -0.25) is 4.79 Å². The molecule has 0 saturated carbocycles. The molecule has 0 atom stereocenters. The molecule has 5 nitrogen and oxygen atoms in total. The molecule has 0 saturated heterocycles. The lowest BCUT2D eigenvalue weighted by molar-refractivity contribution is -0.116. The fraction of sp³-hybridized carbons (Fsp3) is 0.400. The number of amides is 1. The smallest absolute Gasteiger partial charge is 0.273 e. The van der Waals surface area contributed by atoms with E-state index >= 15 is 0 Å². The Morgan fingerprint density at radius 3 is 2.72 bits per heavy atom. The van der Waals surface area contributed by atoms with Gasteiger partial charge in [-0.2, -0.15) is 5.10 Å². The van der Waals surface area contributed by atoms with E-state index in [-0.39, 0.29) is 17.9 Å². The van der Waals surface area contributed by atoms with Crippen molar-refractivity contribution in [2.45, 2.75) is 40.2 Å². The van der Waals surface area contributed by atoms with Gasteiger partial charge in [0, 0.05) is 41.2 Å². The Hall–Kier alpha value is -2.40. The number of hydrogen-bond donors (Lipinski definition) is 2. The van der Waals surface area contributed by atoms with E-state index in [1.54, 1.807) is 0 Å². The molecule has 5 heteroatoms. The molecule has 2 N–H and O–H groups in total. The van der Waals surface area contributed by atoms with Crippen molar-refractivity contribution in [2.24, 2.45) is 10.5 Å². The average Bonchev–Trinajstić information content (AvgIpc) is 3.10. The number of aliphatic hydroxyl groups is 1. The van der Waals surface area contributed by atoms with E-state index in [0.717, 1.165) is 41.6 Å².